The summed E-state index contributed by atoms with van der Waals surface area (Å²) < 4.78 is 19.7. The molecule has 5 nitrogen and oxygen atoms in total. The zero-order valence-corrected chi connectivity index (χ0v) is 17.5. The third-order valence-electron chi connectivity index (χ3n) is 4.49. The highest BCUT2D eigenvalue weighted by Crippen LogP contribution is 2.32. The van der Waals surface area contributed by atoms with Gasteiger partial charge in [0.25, 0.3) is 0 Å². The minimum Gasteiger partial charge on any atom is -0.496 e. The van der Waals surface area contributed by atoms with E-state index in [0.717, 1.165) is 15.4 Å². The van der Waals surface area contributed by atoms with Crippen LogP contribution in [0, 0.1) is 5.82 Å². The monoisotopic (exact) mass is 465 g/mol. The maximum atomic E-state index is 13.2. The molecular weight excluding hydrogens is 449 g/mol. The molecule has 0 unspecified atom stereocenters. The Morgan fingerprint density at radius 2 is 1.60 bits per heavy atom. The number of benzene rings is 3. The molecule has 4 rings (SSSR count). The molecule has 1 heterocycles. The minimum absolute atomic E-state index is 0.302. The van der Waals surface area contributed by atoms with Gasteiger partial charge in [0.2, 0.25) is 0 Å². The van der Waals surface area contributed by atoms with Crippen molar-refractivity contribution in [2.45, 2.75) is 0 Å². The van der Waals surface area contributed by atoms with Crippen molar-refractivity contribution >= 4 is 44.2 Å². The fourth-order valence-electron chi connectivity index (χ4n) is 3.04. The summed E-state index contributed by atoms with van der Waals surface area (Å²) in [5.41, 5.74) is 3.44. The lowest BCUT2D eigenvalue weighted by molar-refractivity contribution is 0.262. The molecule has 2 N–H and O–H groups in total. The molecule has 0 saturated heterocycles. The summed E-state index contributed by atoms with van der Waals surface area (Å²) in [6.07, 6.45) is 0. The van der Waals surface area contributed by atoms with E-state index in [2.05, 4.69) is 31.5 Å². The largest absolute Gasteiger partial charge is 0.496 e. The second-order valence-electron chi connectivity index (χ2n) is 6.53. The van der Waals surface area contributed by atoms with Gasteiger partial charge in [-0.2, -0.15) is 0 Å². The number of ether oxygens (including phenoxy) is 1. The van der Waals surface area contributed by atoms with Crippen molar-refractivity contribution in [2.75, 3.05) is 17.7 Å². The van der Waals surface area contributed by atoms with E-state index in [-0.39, 0.29) is 11.8 Å². The number of aromatic nitrogens is 1. The van der Waals surface area contributed by atoms with Gasteiger partial charge in [0.05, 0.1) is 18.3 Å². The highest BCUT2D eigenvalue weighted by Gasteiger charge is 2.11. The van der Waals surface area contributed by atoms with Crippen molar-refractivity contribution < 1.29 is 13.9 Å². The van der Waals surface area contributed by atoms with Crippen molar-refractivity contribution in [1.29, 1.82) is 0 Å². The van der Waals surface area contributed by atoms with E-state index in [1.54, 1.807) is 55.6 Å². The predicted molar refractivity (Wildman–Crippen MR) is 120 cm³/mol. The van der Waals surface area contributed by atoms with E-state index < -0.39 is 0 Å². The zero-order valence-electron chi connectivity index (χ0n) is 15.9. The number of hydrogen-bond donors (Lipinski definition) is 2. The van der Waals surface area contributed by atoms with Crippen molar-refractivity contribution in [3.05, 3.63) is 83.1 Å². The Balaban J connectivity index is 1.60. The van der Waals surface area contributed by atoms with Gasteiger partial charge in [-0.3, -0.25) is 0 Å². The van der Waals surface area contributed by atoms with Crippen LogP contribution in [-0.4, -0.2) is 18.1 Å². The number of amides is 2. The predicted octanol–water partition coefficient (Wildman–Crippen LogP) is 6.46. The highest BCUT2D eigenvalue weighted by molar-refractivity contribution is 9.10. The molecule has 0 saturated carbocycles. The van der Waals surface area contributed by atoms with Crippen LogP contribution in [0.1, 0.15) is 0 Å². The van der Waals surface area contributed by atoms with Gasteiger partial charge in [-0.15, -0.1) is 0 Å². The van der Waals surface area contributed by atoms with Gasteiger partial charge in [0.1, 0.15) is 11.6 Å². The molecule has 0 aliphatic heterocycles. The number of carbonyl (C=O) groups excluding carboxylic acids is 1. The van der Waals surface area contributed by atoms with Gasteiger partial charge < -0.3 is 15.4 Å². The number of urea groups is 1. The van der Waals surface area contributed by atoms with Crippen LogP contribution in [0.5, 0.6) is 5.75 Å². The Kier molecular flexibility index (Phi) is 5.63. The van der Waals surface area contributed by atoms with Gasteiger partial charge >= 0.3 is 6.03 Å². The molecule has 3 aromatic carbocycles. The highest BCUT2D eigenvalue weighted by atomic mass is 79.9. The maximum absolute atomic E-state index is 13.2. The van der Waals surface area contributed by atoms with E-state index in [0.29, 0.717) is 28.3 Å². The second-order valence-corrected chi connectivity index (χ2v) is 7.45. The summed E-state index contributed by atoms with van der Waals surface area (Å²) in [6.45, 7) is 0. The van der Waals surface area contributed by atoms with E-state index >= 15 is 0 Å². The first kappa shape index (κ1) is 19.8. The average Bonchev–Trinajstić information content (AvgIpc) is 2.75. The maximum Gasteiger partial charge on any atom is 0.323 e. The number of pyridine rings is 1. The number of methoxy groups -OCH3 is 1. The molecule has 0 aliphatic carbocycles. The fourth-order valence-corrected chi connectivity index (χ4v) is 3.30. The lowest BCUT2D eigenvalue weighted by atomic mass is 10.1. The van der Waals surface area contributed by atoms with Gasteiger partial charge in [0.15, 0.2) is 0 Å². The molecule has 2 amide bonds. The van der Waals surface area contributed by atoms with Crippen LogP contribution < -0.4 is 15.4 Å². The molecule has 0 fully saturated rings. The summed E-state index contributed by atoms with van der Waals surface area (Å²) >= 11 is 3.36. The normalized spacial score (nSPS) is 10.6. The standard InChI is InChI=1S/C23H17BrFN3O2/c1-30-22-13-21(14-2-6-16(25)7-3-14)28-20-11-10-18(12-19(20)22)27-23(29)26-17-8-4-15(24)5-9-17/h2-13H,1H3,(H2,26,27,29). The number of rotatable bonds is 4. The van der Waals surface area contributed by atoms with E-state index in [4.69, 9.17) is 4.74 Å². The summed E-state index contributed by atoms with van der Waals surface area (Å²) in [5.74, 6) is 0.305. The van der Waals surface area contributed by atoms with Gasteiger partial charge in [-0.25, -0.2) is 14.2 Å². The number of fused-ring (bicyclic) bond motifs is 1. The summed E-state index contributed by atoms with van der Waals surface area (Å²) in [4.78, 5) is 17.0. The van der Waals surface area contributed by atoms with E-state index in [9.17, 15) is 9.18 Å². The Labute approximate surface area is 181 Å². The number of carbonyl (C=O) groups is 1. The third-order valence-corrected chi connectivity index (χ3v) is 5.02. The number of halogens is 2. The number of nitrogens with zero attached hydrogens (tertiary/aromatic N) is 1. The van der Waals surface area contributed by atoms with Crippen molar-refractivity contribution in [1.82, 2.24) is 4.98 Å². The molecule has 150 valence electrons. The average molecular weight is 466 g/mol. The lowest BCUT2D eigenvalue weighted by Crippen LogP contribution is -2.19. The molecule has 30 heavy (non-hydrogen) atoms. The Morgan fingerprint density at radius 1 is 0.933 bits per heavy atom. The van der Waals surface area contributed by atoms with Crippen LogP contribution in [0.15, 0.2) is 77.3 Å². The SMILES string of the molecule is COc1cc(-c2ccc(F)cc2)nc2ccc(NC(=O)Nc3ccc(Br)cc3)cc12. The van der Waals surface area contributed by atoms with Crippen molar-refractivity contribution in [2.24, 2.45) is 0 Å². The summed E-state index contributed by atoms with van der Waals surface area (Å²) in [5, 5.41) is 6.35. The minimum atomic E-state index is -0.355. The smallest absolute Gasteiger partial charge is 0.323 e. The van der Waals surface area contributed by atoms with Gasteiger partial charge in [-0.1, -0.05) is 15.9 Å². The number of nitrogens with one attached hydrogen (secondary N) is 2. The molecule has 0 bridgehead atoms. The molecule has 0 spiro atoms. The topological polar surface area (TPSA) is 63.2 Å². The van der Waals surface area contributed by atoms with Gasteiger partial charge in [0, 0.05) is 32.9 Å². The van der Waals surface area contributed by atoms with E-state index in [1.807, 2.05) is 12.1 Å². The van der Waals surface area contributed by atoms with Crippen LogP contribution in [0.25, 0.3) is 22.2 Å². The second kappa shape index (κ2) is 8.51. The molecular formula is C23H17BrFN3O2. The summed E-state index contributed by atoms with van der Waals surface area (Å²) in [6, 6.07) is 20.2. The van der Waals surface area contributed by atoms with E-state index in [1.165, 1.54) is 12.1 Å². The molecule has 7 heteroatoms. The van der Waals surface area contributed by atoms with Crippen molar-refractivity contribution in [3.8, 4) is 17.0 Å². The lowest BCUT2D eigenvalue weighted by Gasteiger charge is -2.12. The van der Waals surface area contributed by atoms with Crippen LogP contribution >= 0.6 is 15.9 Å². The Morgan fingerprint density at radius 3 is 2.30 bits per heavy atom. The molecule has 0 radical (unpaired) electrons. The molecule has 0 atom stereocenters. The van der Waals surface area contributed by atoms with Crippen LogP contribution in [0.4, 0.5) is 20.6 Å². The molecule has 1 aromatic heterocycles. The van der Waals surface area contributed by atoms with Crippen LogP contribution in [-0.2, 0) is 0 Å². The van der Waals surface area contributed by atoms with Crippen LogP contribution in [0.2, 0.25) is 0 Å². The van der Waals surface area contributed by atoms with Crippen LogP contribution in [0.3, 0.4) is 0 Å². The molecule has 0 aliphatic rings. The number of anilines is 2. The quantitative estimate of drug-likeness (QED) is 0.363. The zero-order chi connectivity index (χ0) is 21.1. The fraction of sp³-hybridized carbons (Fsp3) is 0.0435. The van der Waals surface area contributed by atoms with Gasteiger partial charge in [-0.05, 0) is 66.7 Å². The van der Waals surface area contributed by atoms with Crippen molar-refractivity contribution in [3.63, 3.8) is 0 Å². The molecule has 4 aromatic rings. The summed E-state index contributed by atoms with van der Waals surface area (Å²) in [7, 11) is 1.57. The first-order valence-electron chi connectivity index (χ1n) is 9.10. The first-order chi connectivity index (χ1) is 14.5. The first-order valence-corrected chi connectivity index (χ1v) is 9.89. The Hall–Kier alpha value is -3.45. The third kappa shape index (κ3) is 4.41. The Bertz CT molecular complexity index is 1210. The number of hydrogen-bond acceptors (Lipinski definition) is 3.